The van der Waals surface area contributed by atoms with Gasteiger partial charge in [-0.25, -0.2) is 0 Å². The van der Waals surface area contributed by atoms with Gasteiger partial charge in [0, 0.05) is 0 Å². The molecule has 2 atom stereocenters. The van der Waals surface area contributed by atoms with Gasteiger partial charge < -0.3 is 9.73 Å². The highest BCUT2D eigenvalue weighted by molar-refractivity contribution is 5.13. The second-order valence-electron chi connectivity index (χ2n) is 4.58. The summed E-state index contributed by atoms with van der Waals surface area (Å²) >= 11 is 0. The third-order valence-electron chi connectivity index (χ3n) is 3.15. The van der Waals surface area contributed by atoms with Gasteiger partial charge in [0.2, 0.25) is 0 Å². The zero-order valence-electron chi connectivity index (χ0n) is 8.50. The van der Waals surface area contributed by atoms with Crippen LogP contribution in [0.25, 0.3) is 0 Å². The van der Waals surface area contributed by atoms with Crippen LogP contribution in [0, 0.1) is 11.3 Å². The van der Waals surface area contributed by atoms with Gasteiger partial charge in [-0.1, -0.05) is 13.8 Å². The van der Waals surface area contributed by atoms with E-state index in [1.807, 2.05) is 13.1 Å². The van der Waals surface area contributed by atoms with Crippen molar-refractivity contribution in [3.63, 3.8) is 0 Å². The molecule has 1 aliphatic rings. The number of nitrogens with one attached hydrogen (secondary N) is 1. The van der Waals surface area contributed by atoms with Crippen molar-refractivity contribution in [3.05, 3.63) is 24.2 Å². The normalized spacial score (nSPS) is 27.2. The quantitative estimate of drug-likeness (QED) is 0.771. The van der Waals surface area contributed by atoms with Crippen molar-refractivity contribution in [3.8, 4) is 0 Å². The molecule has 2 rings (SSSR count). The van der Waals surface area contributed by atoms with Crippen LogP contribution in [-0.2, 0) is 0 Å². The zero-order valence-corrected chi connectivity index (χ0v) is 8.50. The van der Waals surface area contributed by atoms with Crippen LogP contribution in [0.15, 0.2) is 22.8 Å². The van der Waals surface area contributed by atoms with Crippen LogP contribution in [0.5, 0.6) is 0 Å². The third-order valence-corrected chi connectivity index (χ3v) is 3.15. The van der Waals surface area contributed by atoms with Gasteiger partial charge >= 0.3 is 0 Å². The van der Waals surface area contributed by atoms with Gasteiger partial charge in [-0.05, 0) is 36.9 Å². The summed E-state index contributed by atoms with van der Waals surface area (Å²) in [6.45, 7) is 4.62. The molecule has 72 valence electrons. The van der Waals surface area contributed by atoms with E-state index in [0.29, 0.717) is 11.5 Å². The Morgan fingerprint density at radius 2 is 2.31 bits per heavy atom. The van der Waals surface area contributed by atoms with E-state index in [9.17, 15) is 0 Å². The third kappa shape index (κ3) is 1.51. The van der Waals surface area contributed by atoms with Crippen LogP contribution in [0.3, 0.4) is 0 Å². The summed E-state index contributed by atoms with van der Waals surface area (Å²) < 4.78 is 5.42. The molecule has 0 spiro atoms. The Hall–Kier alpha value is -0.760. The molecule has 0 radical (unpaired) electrons. The van der Waals surface area contributed by atoms with Crippen LogP contribution >= 0.6 is 0 Å². The summed E-state index contributed by atoms with van der Waals surface area (Å²) in [5, 5.41) is 3.33. The highest BCUT2D eigenvalue weighted by atomic mass is 16.3. The van der Waals surface area contributed by atoms with Crippen molar-refractivity contribution in [2.45, 2.75) is 26.3 Å². The summed E-state index contributed by atoms with van der Waals surface area (Å²) in [7, 11) is 2.00. The molecule has 1 heterocycles. The molecule has 13 heavy (non-hydrogen) atoms. The number of hydrogen-bond acceptors (Lipinski definition) is 2. The maximum atomic E-state index is 5.42. The first-order valence-electron chi connectivity index (χ1n) is 4.86. The Bertz CT molecular complexity index is 276. The highest BCUT2D eigenvalue weighted by Gasteiger charge is 2.50. The van der Waals surface area contributed by atoms with Gasteiger partial charge in [0.1, 0.15) is 5.76 Å². The summed E-state index contributed by atoms with van der Waals surface area (Å²) in [4.78, 5) is 0. The van der Waals surface area contributed by atoms with Crippen molar-refractivity contribution in [1.29, 1.82) is 0 Å². The summed E-state index contributed by atoms with van der Waals surface area (Å²) in [6.07, 6.45) is 3.04. The Kier molecular flexibility index (Phi) is 1.95. The topological polar surface area (TPSA) is 25.2 Å². The molecule has 0 saturated heterocycles. The molecule has 1 N–H and O–H groups in total. The summed E-state index contributed by atoms with van der Waals surface area (Å²) in [5.41, 5.74) is 0.487. The van der Waals surface area contributed by atoms with E-state index in [2.05, 4.69) is 25.2 Å². The summed E-state index contributed by atoms with van der Waals surface area (Å²) in [5.74, 6) is 1.79. The van der Waals surface area contributed by atoms with Crippen molar-refractivity contribution in [1.82, 2.24) is 5.32 Å². The van der Waals surface area contributed by atoms with Crippen LogP contribution in [0.2, 0.25) is 0 Å². The second-order valence-corrected chi connectivity index (χ2v) is 4.58. The lowest BCUT2D eigenvalue weighted by Gasteiger charge is -2.15. The van der Waals surface area contributed by atoms with Crippen molar-refractivity contribution < 1.29 is 4.42 Å². The van der Waals surface area contributed by atoms with E-state index in [-0.39, 0.29) is 0 Å². The fraction of sp³-hybridized carbons (Fsp3) is 0.636. The van der Waals surface area contributed by atoms with Gasteiger partial charge in [0.15, 0.2) is 0 Å². The molecule has 0 bridgehead atoms. The molecule has 1 aromatic heterocycles. The van der Waals surface area contributed by atoms with Gasteiger partial charge in [-0.3, -0.25) is 0 Å². The molecule has 1 aromatic rings. The molecule has 0 aromatic carbocycles. The minimum Gasteiger partial charge on any atom is -0.468 e. The molecule has 2 nitrogen and oxygen atoms in total. The van der Waals surface area contributed by atoms with Gasteiger partial charge in [0.05, 0.1) is 12.3 Å². The molecule has 1 aliphatic carbocycles. The monoisotopic (exact) mass is 179 g/mol. The standard InChI is InChI=1S/C11H17NO/c1-11(2)7-8(11)10(12-3)9-5-4-6-13-9/h4-6,8,10,12H,7H2,1-3H3. The Labute approximate surface area is 79.3 Å². The Morgan fingerprint density at radius 3 is 2.69 bits per heavy atom. The SMILES string of the molecule is CNC(c1ccco1)C1CC1(C)C. The average molecular weight is 179 g/mol. The van der Waals surface area contributed by atoms with E-state index in [1.54, 1.807) is 6.26 Å². The van der Waals surface area contributed by atoms with Crippen LogP contribution in [-0.4, -0.2) is 7.05 Å². The van der Waals surface area contributed by atoms with Crippen LogP contribution in [0.1, 0.15) is 32.1 Å². The molecule has 1 saturated carbocycles. The fourth-order valence-corrected chi connectivity index (χ4v) is 2.09. The lowest BCUT2D eigenvalue weighted by Crippen LogP contribution is -2.19. The molecule has 2 heteroatoms. The van der Waals surface area contributed by atoms with Crippen molar-refractivity contribution >= 4 is 0 Å². The minimum absolute atomic E-state index is 0.394. The van der Waals surface area contributed by atoms with E-state index < -0.39 is 0 Å². The molecule has 0 aliphatic heterocycles. The van der Waals surface area contributed by atoms with E-state index in [4.69, 9.17) is 4.42 Å². The molecule has 1 fully saturated rings. The van der Waals surface area contributed by atoms with Crippen LogP contribution < -0.4 is 5.32 Å². The van der Waals surface area contributed by atoms with E-state index >= 15 is 0 Å². The predicted octanol–water partition coefficient (Wildman–Crippen LogP) is 2.59. The second kappa shape index (κ2) is 2.88. The summed E-state index contributed by atoms with van der Waals surface area (Å²) in [6, 6.07) is 4.40. The Morgan fingerprint density at radius 1 is 1.62 bits per heavy atom. The molecular weight excluding hydrogens is 162 g/mol. The first kappa shape index (κ1) is 8.82. The van der Waals surface area contributed by atoms with Crippen LogP contribution in [0.4, 0.5) is 0 Å². The average Bonchev–Trinajstić information content (AvgIpc) is 2.55. The van der Waals surface area contributed by atoms with E-state index in [1.165, 1.54) is 6.42 Å². The maximum Gasteiger partial charge on any atom is 0.120 e. The lowest BCUT2D eigenvalue weighted by molar-refractivity contribution is 0.367. The molecule has 0 amide bonds. The first-order chi connectivity index (χ1) is 6.15. The van der Waals surface area contributed by atoms with Gasteiger partial charge in [-0.15, -0.1) is 0 Å². The Balaban J connectivity index is 2.12. The van der Waals surface area contributed by atoms with Crippen molar-refractivity contribution in [2.75, 3.05) is 7.05 Å². The number of furan rings is 1. The predicted molar refractivity (Wildman–Crippen MR) is 52.4 cm³/mol. The highest BCUT2D eigenvalue weighted by Crippen LogP contribution is 2.57. The fourth-order valence-electron chi connectivity index (χ4n) is 2.09. The molecule has 2 unspecified atom stereocenters. The minimum atomic E-state index is 0.394. The largest absolute Gasteiger partial charge is 0.468 e. The number of rotatable bonds is 3. The smallest absolute Gasteiger partial charge is 0.120 e. The zero-order chi connectivity index (χ0) is 9.47. The van der Waals surface area contributed by atoms with Gasteiger partial charge in [-0.2, -0.15) is 0 Å². The lowest BCUT2D eigenvalue weighted by atomic mass is 10.0. The van der Waals surface area contributed by atoms with Gasteiger partial charge in [0.25, 0.3) is 0 Å². The number of hydrogen-bond donors (Lipinski definition) is 1. The maximum absolute atomic E-state index is 5.42. The first-order valence-corrected chi connectivity index (χ1v) is 4.86. The molecular formula is C11H17NO. The van der Waals surface area contributed by atoms with Crippen molar-refractivity contribution in [2.24, 2.45) is 11.3 Å². The van der Waals surface area contributed by atoms with E-state index in [0.717, 1.165) is 11.7 Å².